The van der Waals surface area contributed by atoms with Gasteiger partial charge in [0.05, 0.1) is 12.2 Å². The van der Waals surface area contributed by atoms with Crippen LogP contribution in [0.2, 0.25) is 5.28 Å². The van der Waals surface area contributed by atoms with Gasteiger partial charge in [0.2, 0.25) is 5.28 Å². The first-order chi connectivity index (χ1) is 10.2. The van der Waals surface area contributed by atoms with E-state index in [-0.39, 0.29) is 11.3 Å². The van der Waals surface area contributed by atoms with Gasteiger partial charge in [0, 0.05) is 31.1 Å². The third-order valence-electron chi connectivity index (χ3n) is 3.11. The number of nitrogens with zero attached hydrogens (tertiary/aromatic N) is 4. The lowest BCUT2D eigenvalue weighted by Gasteiger charge is -2.26. The molecule has 0 saturated carbocycles. The molecule has 2 aromatic rings. The van der Waals surface area contributed by atoms with Gasteiger partial charge in [-0.25, -0.2) is 19.7 Å². The molecule has 1 aliphatic rings. The highest BCUT2D eigenvalue weighted by atomic mass is 35.5. The van der Waals surface area contributed by atoms with Gasteiger partial charge in [-0.2, -0.15) is 0 Å². The SMILES string of the molecule is CNC(=O)Nc1nc2c(s1)CN(c1ccnc(Cl)n1)CC2. The monoisotopic (exact) mass is 324 g/mol. The molecule has 0 fully saturated rings. The van der Waals surface area contributed by atoms with E-state index < -0.39 is 0 Å². The van der Waals surface area contributed by atoms with Gasteiger partial charge in [0.15, 0.2) is 5.13 Å². The molecule has 0 aliphatic carbocycles. The number of amides is 2. The minimum Gasteiger partial charge on any atom is -0.351 e. The highest BCUT2D eigenvalue weighted by Crippen LogP contribution is 2.30. The van der Waals surface area contributed by atoms with Gasteiger partial charge >= 0.3 is 6.03 Å². The highest BCUT2D eigenvalue weighted by Gasteiger charge is 2.22. The number of rotatable bonds is 2. The fraction of sp³-hybridized carbons (Fsp3) is 0.333. The Labute approximate surface area is 130 Å². The average Bonchev–Trinajstić information content (AvgIpc) is 2.88. The van der Waals surface area contributed by atoms with Crippen LogP contribution in [0.25, 0.3) is 0 Å². The van der Waals surface area contributed by atoms with Gasteiger partial charge in [-0.3, -0.25) is 5.32 Å². The fourth-order valence-electron chi connectivity index (χ4n) is 2.11. The van der Waals surface area contributed by atoms with Gasteiger partial charge in [0.1, 0.15) is 5.82 Å². The molecule has 3 rings (SSSR count). The third kappa shape index (κ3) is 3.06. The van der Waals surface area contributed by atoms with Crippen molar-refractivity contribution >= 4 is 39.9 Å². The molecule has 2 amide bonds. The van der Waals surface area contributed by atoms with Crippen LogP contribution in [0.3, 0.4) is 0 Å². The van der Waals surface area contributed by atoms with Crippen LogP contribution < -0.4 is 15.5 Å². The molecule has 0 bridgehead atoms. The average molecular weight is 325 g/mol. The number of hydrogen-bond acceptors (Lipinski definition) is 6. The Morgan fingerprint density at radius 3 is 3.10 bits per heavy atom. The van der Waals surface area contributed by atoms with E-state index in [9.17, 15) is 4.79 Å². The Hall–Kier alpha value is -1.93. The highest BCUT2D eigenvalue weighted by molar-refractivity contribution is 7.15. The first-order valence-corrected chi connectivity index (χ1v) is 7.56. The predicted molar refractivity (Wildman–Crippen MR) is 82.0 cm³/mol. The summed E-state index contributed by atoms with van der Waals surface area (Å²) in [5, 5.41) is 6.07. The second kappa shape index (κ2) is 5.82. The summed E-state index contributed by atoms with van der Waals surface area (Å²) in [5.41, 5.74) is 1.03. The number of fused-ring (bicyclic) bond motifs is 1. The van der Waals surface area contributed by atoms with Crippen LogP contribution in [0.15, 0.2) is 12.3 Å². The number of anilines is 2. The van der Waals surface area contributed by atoms with Crippen LogP contribution in [-0.2, 0) is 13.0 Å². The van der Waals surface area contributed by atoms with E-state index >= 15 is 0 Å². The number of carbonyl (C=O) groups is 1. The number of halogens is 1. The summed E-state index contributed by atoms with van der Waals surface area (Å²) >= 11 is 7.31. The summed E-state index contributed by atoms with van der Waals surface area (Å²) in [5.74, 6) is 0.801. The molecule has 0 unspecified atom stereocenters. The van der Waals surface area contributed by atoms with Gasteiger partial charge in [0.25, 0.3) is 0 Å². The Balaban J connectivity index is 1.77. The fourth-order valence-corrected chi connectivity index (χ4v) is 3.27. The summed E-state index contributed by atoms with van der Waals surface area (Å²) < 4.78 is 0. The molecule has 1 aliphatic heterocycles. The molecule has 7 nitrogen and oxygen atoms in total. The van der Waals surface area contributed by atoms with Crippen molar-refractivity contribution in [3.8, 4) is 0 Å². The molecule has 0 aromatic carbocycles. The standard InChI is InChI=1S/C12H13ClN6OS/c1-14-11(20)18-12-16-7-3-5-19(6-8(7)21-12)9-2-4-15-10(13)17-9/h2,4H,3,5-6H2,1H3,(H2,14,16,18,20). The van der Waals surface area contributed by atoms with Crippen LogP contribution in [0.5, 0.6) is 0 Å². The molecular formula is C12H13ClN6OS. The number of carbonyl (C=O) groups excluding carboxylic acids is 1. The van der Waals surface area contributed by atoms with Crippen LogP contribution in [0.1, 0.15) is 10.6 Å². The molecule has 2 aromatic heterocycles. The van der Waals surface area contributed by atoms with Crippen molar-refractivity contribution in [1.82, 2.24) is 20.3 Å². The van der Waals surface area contributed by atoms with Crippen LogP contribution in [-0.4, -0.2) is 34.6 Å². The van der Waals surface area contributed by atoms with Crippen molar-refractivity contribution in [3.63, 3.8) is 0 Å². The summed E-state index contributed by atoms with van der Waals surface area (Å²) in [6.45, 7) is 1.51. The summed E-state index contributed by atoms with van der Waals surface area (Å²) in [4.78, 5) is 27.1. The summed E-state index contributed by atoms with van der Waals surface area (Å²) in [6.07, 6.45) is 2.45. The number of thiazole rings is 1. The van der Waals surface area contributed by atoms with E-state index in [4.69, 9.17) is 11.6 Å². The maximum Gasteiger partial charge on any atom is 0.320 e. The zero-order valence-electron chi connectivity index (χ0n) is 11.3. The molecule has 0 radical (unpaired) electrons. The maximum atomic E-state index is 11.3. The number of nitrogens with one attached hydrogen (secondary N) is 2. The molecule has 21 heavy (non-hydrogen) atoms. The zero-order chi connectivity index (χ0) is 14.8. The van der Waals surface area contributed by atoms with Gasteiger partial charge in [-0.1, -0.05) is 11.3 Å². The second-order valence-electron chi connectivity index (χ2n) is 4.45. The molecule has 9 heteroatoms. The molecule has 2 N–H and O–H groups in total. The van der Waals surface area contributed by atoms with E-state index in [1.54, 1.807) is 13.2 Å². The normalized spacial score (nSPS) is 13.7. The minimum absolute atomic E-state index is 0.240. The zero-order valence-corrected chi connectivity index (χ0v) is 12.8. The van der Waals surface area contributed by atoms with Crippen molar-refractivity contribution in [2.24, 2.45) is 0 Å². The Kier molecular flexibility index (Phi) is 3.89. The van der Waals surface area contributed by atoms with Crippen molar-refractivity contribution in [2.75, 3.05) is 23.8 Å². The largest absolute Gasteiger partial charge is 0.351 e. The van der Waals surface area contributed by atoms with E-state index in [1.807, 2.05) is 6.07 Å². The van der Waals surface area contributed by atoms with E-state index in [2.05, 4.69) is 30.5 Å². The number of aromatic nitrogens is 3. The maximum absolute atomic E-state index is 11.3. The molecule has 0 spiro atoms. The van der Waals surface area contributed by atoms with Crippen LogP contribution in [0.4, 0.5) is 15.7 Å². The van der Waals surface area contributed by atoms with Crippen molar-refractivity contribution in [3.05, 3.63) is 28.1 Å². The first kappa shape index (κ1) is 14.0. The van der Waals surface area contributed by atoms with Crippen molar-refractivity contribution < 1.29 is 4.79 Å². The second-order valence-corrected chi connectivity index (χ2v) is 5.87. The minimum atomic E-state index is -0.263. The van der Waals surface area contributed by atoms with E-state index in [0.29, 0.717) is 11.7 Å². The van der Waals surface area contributed by atoms with Crippen LogP contribution in [0, 0.1) is 0 Å². The van der Waals surface area contributed by atoms with Crippen molar-refractivity contribution in [1.29, 1.82) is 0 Å². The molecule has 110 valence electrons. The summed E-state index contributed by atoms with van der Waals surface area (Å²) in [6, 6.07) is 1.57. The summed E-state index contributed by atoms with van der Waals surface area (Å²) in [7, 11) is 1.57. The molecule has 3 heterocycles. The van der Waals surface area contributed by atoms with Gasteiger partial charge in [-0.15, -0.1) is 0 Å². The van der Waals surface area contributed by atoms with E-state index in [0.717, 1.165) is 29.4 Å². The van der Waals surface area contributed by atoms with Crippen molar-refractivity contribution in [2.45, 2.75) is 13.0 Å². The van der Waals surface area contributed by atoms with Gasteiger partial charge in [-0.05, 0) is 17.7 Å². The molecule has 0 saturated heterocycles. The smallest absolute Gasteiger partial charge is 0.320 e. The lowest BCUT2D eigenvalue weighted by atomic mass is 10.2. The topological polar surface area (TPSA) is 83.0 Å². The Morgan fingerprint density at radius 2 is 2.33 bits per heavy atom. The van der Waals surface area contributed by atoms with Crippen LogP contribution >= 0.6 is 22.9 Å². The van der Waals surface area contributed by atoms with Gasteiger partial charge < -0.3 is 10.2 Å². The Bertz CT molecular complexity index is 676. The first-order valence-electron chi connectivity index (χ1n) is 6.36. The number of urea groups is 1. The third-order valence-corrected chi connectivity index (χ3v) is 4.29. The molecular weight excluding hydrogens is 312 g/mol. The quantitative estimate of drug-likeness (QED) is 0.824. The lowest BCUT2D eigenvalue weighted by molar-refractivity contribution is 0.254. The lowest BCUT2D eigenvalue weighted by Crippen LogP contribution is -2.30. The number of hydrogen-bond donors (Lipinski definition) is 2. The predicted octanol–water partition coefficient (Wildman–Crippen LogP) is 1.90. The Morgan fingerprint density at radius 1 is 1.48 bits per heavy atom. The van der Waals surface area contributed by atoms with E-state index in [1.165, 1.54) is 11.3 Å². The molecule has 0 atom stereocenters.